The first-order valence-corrected chi connectivity index (χ1v) is 6.22. The van der Waals surface area contributed by atoms with Gasteiger partial charge in [0.25, 0.3) is 0 Å². The molecule has 5 N–H and O–H groups in total. The predicted molar refractivity (Wildman–Crippen MR) is 72.3 cm³/mol. The molecule has 1 unspecified atom stereocenters. The van der Waals surface area contributed by atoms with Gasteiger partial charge in [0.05, 0.1) is 25.7 Å². The third-order valence-corrected chi connectivity index (χ3v) is 2.55. The molecule has 1 atom stereocenters. The van der Waals surface area contributed by atoms with Crippen LogP contribution in [0.4, 0.5) is 0 Å². The molecule has 0 aliphatic carbocycles. The Bertz CT molecular complexity index is 379. The van der Waals surface area contributed by atoms with Crippen molar-refractivity contribution in [1.82, 2.24) is 10.2 Å². The van der Waals surface area contributed by atoms with Crippen LogP contribution in [-0.2, 0) is 19.2 Å². The third kappa shape index (κ3) is 7.47. The third-order valence-electron chi connectivity index (χ3n) is 2.55. The molecule has 0 saturated heterocycles. The van der Waals surface area contributed by atoms with Crippen molar-refractivity contribution in [2.24, 2.45) is 17.4 Å². The SMILES string of the molecule is CC(=O)C(NC(=O)CN(CC(N)=O)CC(N)=O)C(C)C. The lowest BCUT2D eigenvalue weighted by Crippen LogP contribution is -2.49. The average Bonchev–Trinajstić information content (AvgIpc) is 2.22. The van der Waals surface area contributed by atoms with E-state index < -0.39 is 23.8 Å². The van der Waals surface area contributed by atoms with Crippen LogP contribution in [-0.4, -0.2) is 54.1 Å². The van der Waals surface area contributed by atoms with Crippen LogP contribution in [0.1, 0.15) is 20.8 Å². The van der Waals surface area contributed by atoms with Crippen molar-refractivity contribution in [3.05, 3.63) is 0 Å². The topological polar surface area (TPSA) is 136 Å². The number of rotatable bonds is 9. The molecule has 0 aliphatic rings. The van der Waals surface area contributed by atoms with E-state index in [-0.39, 0.29) is 31.3 Å². The van der Waals surface area contributed by atoms with Crippen LogP contribution in [0, 0.1) is 5.92 Å². The molecule has 0 fully saturated rings. The zero-order valence-corrected chi connectivity index (χ0v) is 12.0. The van der Waals surface area contributed by atoms with E-state index >= 15 is 0 Å². The number of nitrogens with two attached hydrogens (primary N) is 2. The summed E-state index contributed by atoms with van der Waals surface area (Å²) in [5, 5.41) is 2.56. The highest BCUT2D eigenvalue weighted by Gasteiger charge is 2.22. The summed E-state index contributed by atoms with van der Waals surface area (Å²) in [5.41, 5.74) is 10.0. The lowest BCUT2D eigenvalue weighted by Gasteiger charge is -2.23. The predicted octanol–water partition coefficient (Wildman–Crippen LogP) is -2.01. The van der Waals surface area contributed by atoms with Gasteiger partial charge in [0.1, 0.15) is 0 Å². The molecule has 0 radical (unpaired) electrons. The van der Waals surface area contributed by atoms with Gasteiger partial charge in [-0.1, -0.05) is 13.8 Å². The summed E-state index contributed by atoms with van der Waals surface area (Å²) in [4.78, 5) is 46.1. The van der Waals surface area contributed by atoms with Gasteiger partial charge in [-0.05, 0) is 12.8 Å². The molecule has 114 valence electrons. The van der Waals surface area contributed by atoms with E-state index in [4.69, 9.17) is 11.5 Å². The maximum absolute atomic E-state index is 11.8. The number of Topliss-reactive ketones (excluding diaryl/α,β-unsaturated/α-hetero) is 1. The van der Waals surface area contributed by atoms with E-state index in [0.29, 0.717) is 0 Å². The van der Waals surface area contributed by atoms with Gasteiger partial charge in [0.2, 0.25) is 17.7 Å². The van der Waals surface area contributed by atoms with Crippen LogP contribution < -0.4 is 16.8 Å². The van der Waals surface area contributed by atoms with E-state index in [2.05, 4.69) is 5.32 Å². The molecule has 8 nitrogen and oxygen atoms in total. The van der Waals surface area contributed by atoms with E-state index in [1.54, 1.807) is 13.8 Å². The summed E-state index contributed by atoms with van der Waals surface area (Å²) in [6.07, 6.45) is 0. The van der Waals surface area contributed by atoms with E-state index in [1.807, 2.05) is 0 Å². The van der Waals surface area contributed by atoms with E-state index in [1.165, 1.54) is 11.8 Å². The molecule has 0 spiro atoms. The summed E-state index contributed by atoms with van der Waals surface area (Å²) in [6, 6.07) is -0.605. The number of nitrogens with one attached hydrogen (secondary N) is 1. The van der Waals surface area contributed by atoms with Crippen molar-refractivity contribution in [1.29, 1.82) is 0 Å². The number of ketones is 1. The Labute approximate surface area is 117 Å². The van der Waals surface area contributed by atoms with Crippen LogP contribution in [0.2, 0.25) is 0 Å². The minimum absolute atomic E-state index is 0.0582. The summed E-state index contributed by atoms with van der Waals surface area (Å²) >= 11 is 0. The summed E-state index contributed by atoms with van der Waals surface area (Å²) in [5.74, 6) is -2.04. The zero-order valence-electron chi connectivity index (χ0n) is 12.0. The fraction of sp³-hybridized carbons (Fsp3) is 0.667. The van der Waals surface area contributed by atoms with Crippen molar-refractivity contribution in [2.75, 3.05) is 19.6 Å². The lowest BCUT2D eigenvalue weighted by molar-refractivity contribution is -0.130. The number of amides is 3. The summed E-state index contributed by atoms with van der Waals surface area (Å²) < 4.78 is 0. The monoisotopic (exact) mass is 286 g/mol. The van der Waals surface area contributed by atoms with Gasteiger partial charge in [-0.3, -0.25) is 24.1 Å². The van der Waals surface area contributed by atoms with Gasteiger partial charge < -0.3 is 16.8 Å². The van der Waals surface area contributed by atoms with Crippen molar-refractivity contribution >= 4 is 23.5 Å². The molecular weight excluding hydrogens is 264 g/mol. The molecule has 0 heterocycles. The normalized spacial score (nSPS) is 12.2. The standard InChI is InChI=1S/C12H22N4O4/c1-7(2)12(8(3)17)15-11(20)6-16(4-9(13)18)5-10(14)19/h7,12H,4-6H2,1-3H3,(H2,13,18)(H2,14,19)(H,15,20). The highest BCUT2D eigenvalue weighted by Crippen LogP contribution is 2.02. The van der Waals surface area contributed by atoms with Gasteiger partial charge in [-0.15, -0.1) is 0 Å². The molecule has 0 aromatic carbocycles. The van der Waals surface area contributed by atoms with Gasteiger partial charge in [0.15, 0.2) is 5.78 Å². The van der Waals surface area contributed by atoms with E-state index in [9.17, 15) is 19.2 Å². The molecule has 0 aromatic heterocycles. The van der Waals surface area contributed by atoms with Crippen LogP contribution >= 0.6 is 0 Å². The molecule has 0 bridgehead atoms. The Morgan fingerprint density at radius 3 is 1.75 bits per heavy atom. The Morgan fingerprint density at radius 1 is 1.00 bits per heavy atom. The molecule has 0 aliphatic heterocycles. The fourth-order valence-corrected chi connectivity index (χ4v) is 1.77. The number of nitrogens with zero attached hydrogens (tertiary/aromatic N) is 1. The zero-order chi connectivity index (χ0) is 15.9. The van der Waals surface area contributed by atoms with Crippen molar-refractivity contribution in [2.45, 2.75) is 26.8 Å². The first kappa shape index (κ1) is 18.0. The summed E-state index contributed by atoms with van der Waals surface area (Å²) in [7, 11) is 0. The minimum atomic E-state index is -0.675. The van der Waals surface area contributed by atoms with Crippen molar-refractivity contribution < 1.29 is 19.2 Å². The first-order chi connectivity index (χ1) is 9.13. The van der Waals surface area contributed by atoms with E-state index in [0.717, 1.165) is 0 Å². The van der Waals surface area contributed by atoms with Gasteiger partial charge >= 0.3 is 0 Å². The van der Waals surface area contributed by atoms with Crippen LogP contribution in [0.15, 0.2) is 0 Å². The number of carbonyl (C=O) groups is 4. The van der Waals surface area contributed by atoms with Crippen molar-refractivity contribution in [3.8, 4) is 0 Å². The number of carbonyl (C=O) groups excluding carboxylic acids is 4. The van der Waals surface area contributed by atoms with Gasteiger partial charge in [0, 0.05) is 0 Å². The number of hydrogen-bond donors (Lipinski definition) is 3. The van der Waals surface area contributed by atoms with Crippen LogP contribution in [0.25, 0.3) is 0 Å². The number of hydrogen-bond acceptors (Lipinski definition) is 5. The Balaban J connectivity index is 4.62. The molecule has 0 rings (SSSR count). The largest absolute Gasteiger partial charge is 0.369 e. The Hall–Kier alpha value is -1.96. The molecule has 20 heavy (non-hydrogen) atoms. The minimum Gasteiger partial charge on any atom is -0.369 e. The number of primary amides is 2. The second kappa shape index (κ2) is 8.26. The fourth-order valence-electron chi connectivity index (χ4n) is 1.77. The molecule has 0 aromatic rings. The molecule has 3 amide bonds. The maximum Gasteiger partial charge on any atom is 0.234 e. The average molecular weight is 286 g/mol. The van der Waals surface area contributed by atoms with Crippen LogP contribution in [0.5, 0.6) is 0 Å². The quantitative estimate of drug-likeness (QED) is 0.450. The Morgan fingerprint density at radius 2 is 1.45 bits per heavy atom. The highest BCUT2D eigenvalue weighted by atomic mass is 16.2. The van der Waals surface area contributed by atoms with Gasteiger partial charge in [-0.2, -0.15) is 0 Å². The Kier molecular flexibility index (Phi) is 7.45. The summed E-state index contributed by atoms with van der Waals surface area (Å²) in [6.45, 7) is 4.23. The lowest BCUT2D eigenvalue weighted by atomic mass is 10.0. The molecular formula is C12H22N4O4. The highest BCUT2D eigenvalue weighted by molar-refractivity contribution is 5.89. The maximum atomic E-state index is 11.8. The van der Waals surface area contributed by atoms with Gasteiger partial charge in [-0.25, -0.2) is 0 Å². The molecule has 0 saturated carbocycles. The smallest absolute Gasteiger partial charge is 0.234 e. The first-order valence-electron chi connectivity index (χ1n) is 6.22. The van der Waals surface area contributed by atoms with Crippen LogP contribution in [0.3, 0.4) is 0 Å². The second-order valence-corrected chi connectivity index (χ2v) is 4.98. The molecule has 8 heteroatoms. The van der Waals surface area contributed by atoms with Crippen molar-refractivity contribution in [3.63, 3.8) is 0 Å². The second-order valence-electron chi connectivity index (χ2n) is 4.98.